The Bertz CT molecular complexity index is 2610. The lowest BCUT2D eigenvalue weighted by molar-refractivity contribution is -0.141. The summed E-state index contributed by atoms with van der Waals surface area (Å²) in [7, 11) is 2.95. The number of aliphatic carboxylic acids is 2. The highest BCUT2D eigenvalue weighted by atomic mass is 35.5. The van der Waals surface area contributed by atoms with Crippen LogP contribution in [-0.2, 0) is 63.2 Å². The van der Waals surface area contributed by atoms with E-state index in [2.05, 4.69) is 20.5 Å². The first-order chi connectivity index (χ1) is 43.0. The van der Waals surface area contributed by atoms with Crippen LogP contribution < -0.4 is 25.0 Å². The van der Waals surface area contributed by atoms with Gasteiger partial charge in [-0.3, -0.25) is 43.8 Å². The van der Waals surface area contributed by atoms with Crippen LogP contribution in [0.5, 0.6) is 11.5 Å². The maximum Gasteiger partial charge on any atom is 0.433 e. The fraction of sp³-hybridized carbons (Fsp3) is 0.610. The van der Waals surface area contributed by atoms with Gasteiger partial charge in [0.1, 0.15) is 23.5 Å². The Balaban J connectivity index is 0.945. The summed E-state index contributed by atoms with van der Waals surface area (Å²) in [5, 5.41) is 34.6. The van der Waals surface area contributed by atoms with Crippen molar-refractivity contribution in [2.24, 2.45) is 0 Å². The van der Waals surface area contributed by atoms with E-state index in [-0.39, 0.29) is 91.2 Å². The number of ether oxygens (including phenoxy) is 10. The molecule has 0 spiro atoms. The van der Waals surface area contributed by atoms with Gasteiger partial charge in [0.25, 0.3) is 5.91 Å². The molecule has 4 rings (SSSR count). The minimum absolute atomic E-state index is 0.00680. The van der Waals surface area contributed by atoms with E-state index >= 15 is 0 Å². The predicted molar refractivity (Wildman–Crippen MR) is 320 cm³/mol. The van der Waals surface area contributed by atoms with Gasteiger partial charge in [-0.05, 0) is 30.7 Å². The van der Waals surface area contributed by atoms with Crippen LogP contribution in [0.2, 0.25) is 5.02 Å². The third-order valence-corrected chi connectivity index (χ3v) is 13.7. The summed E-state index contributed by atoms with van der Waals surface area (Å²) in [4.78, 5) is 73.4. The number of hydrogen-bond acceptors (Lipinski definition) is 22. The van der Waals surface area contributed by atoms with Crippen molar-refractivity contribution < 1.29 is 94.7 Å². The van der Waals surface area contributed by atoms with E-state index < -0.39 is 29.7 Å². The minimum atomic E-state index is -4.80. The molecule has 0 saturated carbocycles. The van der Waals surface area contributed by atoms with Gasteiger partial charge in [0.05, 0.1) is 167 Å². The predicted octanol–water partition coefficient (Wildman–Crippen LogP) is 3.12. The molecule has 26 nitrogen and oxygen atoms in total. The number of nitrogens with one attached hydrogen (secondary N) is 2. The van der Waals surface area contributed by atoms with E-state index in [1.165, 1.54) is 31.2 Å². The van der Waals surface area contributed by atoms with Crippen LogP contribution in [0.25, 0.3) is 11.1 Å². The van der Waals surface area contributed by atoms with E-state index in [4.69, 9.17) is 59.0 Å². The molecule has 0 aliphatic carbocycles. The molecule has 3 aromatic rings. The molecule has 4 N–H and O–H groups in total. The third-order valence-electron chi connectivity index (χ3n) is 13.4. The van der Waals surface area contributed by atoms with Crippen LogP contribution in [0.4, 0.5) is 18.9 Å². The number of anilines is 1. The Morgan fingerprint density at radius 1 is 0.674 bits per heavy atom. The van der Waals surface area contributed by atoms with Crippen LogP contribution in [-0.4, -0.2) is 283 Å². The normalized spacial score (nSPS) is 14.1. The molecule has 496 valence electrons. The van der Waals surface area contributed by atoms with Crippen molar-refractivity contribution in [2.45, 2.75) is 19.0 Å². The Kier molecular flexibility index (Phi) is 37.4. The second-order valence-corrected chi connectivity index (χ2v) is 20.3. The molecule has 2 amide bonds. The number of aromatic nitrogens is 1. The number of nitrogens with zero attached hydrogens (tertiary/aromatic N) is 7. The molecule has 0 bridgehead atoms. The number of aldehydes is 1. The smallest absolute Gasteiger partial charge is 0.433 e. The number of methoxy groups -OCH3 is 1. The Morgan fingerprint density at radius 2 is 1.16 bits per heavy atom. The number of rotatable bonds is 44. The van der Waals surface area contributed by atoms with Gasteiger partial charge in [-0.15, -0.1) is 0 Å². The molecule has 0 unspecified atom stereocenters. The van der Waals surface area contributed by atoms with Crippen LogP contribution in [0.3, 0.4) is 0 Å². The first kappa shape index (κ1) is 75.2. The lowest BCUT2D eigenvalue weighted by atomic mass is 9.98. The van der Waals surface area contributed by atoms with Gasteiger partial charge in [0.15, 0.2) is 0 Å². The number of halogens is 4. The number of nitriles is 1. The van der Waals surface area contributed by atoms with E-state index in [1.54, 1.807) is 35.2 Å². The van der Waals surface area contributed by atoms with Crippen molar-refractivity contribution in [1.82, 2.24) is 35.2 Å². The number of carbonyl (C=O) groups is 5. The quantitative estimate of drug-likeness (QED) is 0.0467. The molecule has 1 fully saturated rings. The van der Waals surface area contributed by atoms with Gasteiger partial charge < -0.3 is 77.9 Å². The first-order valence-corrected chi connectivity index (χ1v) is 29.6. The summed E-state index contributed by atoms with van der Waals surface area (Å²) < 4.78 is 96.2. The number of carboxylic acids is 2. The van der Waals surface area contributed by atoms with Crippen molar-refractivity contribution in [3.63, 3.8) is 0 Å². The lowest BCUT2D eigenvalue weighted by Crippen LogP contribution is -2.49. The molecule has 89 heavy (non-hydrogen) atoms. The fourth-order valence-corrected chi connectivity index (χ4v) is 8.93. The molecule has 1 aromatic heterocycles. The van der Waals surface area contributed by atoms with Crippen LogP contribution in [0.15, 0.2) is 48.7 Å². The lowest BCUT2D eigenvalue weighted by Gasteiger charge is -2.33. The summed E-state index contributed by atoms with van der Waals surface area (Å²) in [5.41, 5.74) is -1.18. The number of benzene rings is 2. The first-order valence-electron chi connectivity index (χ1n) is 29.3. The van der Waals surface area contributed by atoms with E-state index in [9.17, 15) is 52.6 Å². The summed E-state index contributed by atoms with van der Waals surface area (Å²) in [6.45, 7) is 11.6. The highest BCUT2D eigenvalue weighted by Gasteiger charge is 2.34. The van der Waals surface area contributed by atoms with Crippen molar-refractivity contribution in [3.05, 3.63) is 70.5 Å². The monoisotopic (exact) mass is 1280 g/mol. The number of hydrogen-bond donors (Lipinski definition) is 4. The molecule has 30 heteroatoms. The SMILES string of the molecule is COc1ccccc1N(C)C(=O)c1cc(-c2cnc(C(F)(F)F)cc2C#N)c(Cl)cc1OCCCC(=O)NCCOCCOCCOCCOCCOCCOCCOCCOCCNCN1CCN(CC=O)CCN(CC(=O)O)CCN(CC(=O)O)CC1. The largest absolute Gasteiger partial charge is 0.495 e. The average molecular weight is 1280 g/mol. The zero-order valence-electron chi connectivity index (χ0n) is 50.7. The number of para-hydroxylation sites is 2. The zero-order chi connectivity index (χ0) is 64.5. The molecule has 2 aromatic carbocycles. The number of carboxylic acid groups (broad SMARTS) is 2. The number of pyridine rings is 1. The van der Waals surface area contributed by atoms with E-state index in [1.807, 2.05) is 9.80 Å². The Hall–Kier alpha value is -6.21. The van der Waals surface area contributed by atoms with Gasteiger partial charge in [0.2, 0.25) is 5.91 Å². The molecule has 1 saturated heterocycles. The summed E-state index contributed by atoms with van der Waals surface area (Å²) in [5.74, 6) is -2.31. The number of carbonyl (C=O) groups excluding carboxylic acids is 3. The molecule has 2 heterocycles. The van der Waals surface area contributed by atoms with Crippen LogP contribution >= 0.6 is 11.6 Å². The number of alkyl halides is 3. The highest BCUT2D eigenvalue weighted by Crippen LogP contribution is 2.39. The topological polar surface area (TPSA) is 295 Å². The van der Waals surface area contributed by atoms with Crippen LogP contribution in [0.1, 0.15) is 34.5 Å². The van der Waals surface area contributed by atoms with Gasteiger partial charge in [0, 0.05) is 109 Å². The van der Waals surface area contributed by atoms with Gasteiger partial charge in [-0.2, -0.15) is 18.4 Å². The third kappa shape index (κ3) is 30.9. The Morgan fingerprint density at radius 3 is 1.64 bits per heavy atom. The molecule has 1 aliphatic heterocycles. The van der Waals surface area contributed by atoms with Crippen molar-refractivity contribution in [1.29, 1.82) is 5.26 Å². The zero-order valence-corrected chi connectivity index (χ0v) is 51.4. The maximum atomic E-state index is 14.1. The molecular weight excluding hydrogens is 1200 g/mol. The van der Waals surface area contributed by atoms with Gasteiger partial charge in [-0.1, -0.05) is 23.7 Å². The maximum absolute atomic E-state index is 14.1. The van der Waals surface area contributed by atoms with Gasteiger partial charge >= 0.3 is 18.1 Å². The van der Waals surface area contributed by atoms with Crippen molar-refractivity contribution >= 4 is 47.3 Å². The van der Waals surface area contributed by atoms with Crippen LogP contribution in [0, 0.1) is 11.3 Å². The number of amides is 2. The molecule has 1 aliphatic rings. The second-order valence-electron chi connectivity index (χ2n) is 19.9. The van der Waals surface area contributed by atoms with Crippen molar-refractivity contribution in [2.75, 3.05) is 223 Å². The van der Waals surface area contributed by atoms with E-state index in [0.29, 0.717) is 182 Å². The summed E-state index contributed by atoms with van der Waals surface area (Å²) in [6.07, 6.45) is -2.74. The second kappa shape index (κ2) is 44.3. The Labute approximate surface area is 522 Å². The van der Waals surface area contributed by atoms with Gasteiger partial charge in [-0.25, -0.2) is 0 Å². The standard InChI is InChI=1S/C59H85ClF3N9O17/c1-68(51-6-3-4-7-52(51)80-2)58(79)48-39-47(49-42-67-54(59(61,62)63)38-46(49)41-64)50(60)40-53(48)89-21-5-8-55(74)66-10-23-82-25-27-84-29-31-86-33-35-88-37-36-87-34-32-85-30-28-83-26-24-81-22-9-65-45-72-17-12-69(19-20-73)11-13-70(43-56(75)76)14-15-71(16-18-72)44-57(77)78/h3-4,6-7,20,38-40,42,65H,5,8-19,21-37,43-45H2,1-2H3,(H,66,74)(H,75,76)(H,77,78). The average Bonchev–Trinajstić information content (AvgIpc) is 1.11. The highest BCUT2D eigenvalue weighted by molar-refractivity contribution is 6.34. The molecular formula is C59H85ClF3N9O17. The molecule has 0 atom stereocenters. The summed E-state index contributed by atoms with van der Waals surface area (Å²) in [6, 6.07) is 11.8. The fourth-order valence-electron chi connectivity index (χ4n) is 8.67. The molecule has 0 radical (unpaired) electrons. The summed E-state index contributed by atoms with van der Waals surface area (Å²) >= 11 is 6.62. The van der Waals surface area contributed by atoms with Crippen molar-refractivity contribution in [3.8, 4) is 28.7 Å². The minimum Gasteiger partial charge on any atom is -0.495 e. The van der Waals surface area contributed by atoms with E-state index in [0.717, 1.165) is 12.5 Å².